The van der Waals surface area contributed by atoms with Gasteiger partial charge in [0.15, 0.2) is 0 Å². The van der Waals surface area contributed by atoms with Gasteiger partial charge in [-0.3, -0.25) is 10.1 Å². The molecule has 0 aliphatic heterocycles. The third-order valence-electron chi connectivity index (χ3n) is 2.63. The van der Waals surface area contributed by atoms with Crippen molar-refractivity contribution in [1.29, 1.82) is 0 Å². The van der Waals surface area contributed by atoms with Gasteiger partial charge in [-0.15, -0.1) is 0 Å². The summed E-state index contributed by atoms with van der Waals surface area (Å²) >= 11 is 5.88. The maximum Gasteiger partial charge on any atom is 0.277 e. The van der Waals surface area contributed by atoms with Crippen LogP contribution in [0.5, 0.6) is 0 Å². The van der Waals surface area contributed by atoms with Gasteiger partial charge in [0, 0.05) is 23.3 Å². The summed E-state index contributed by atoms with van der Waals surface area (Å²) < 4.78 is 0. The number of anilines is 1. The summed E-state index contributed by atoms with van der Waals surface area (Å²) in [6, 6.07) is 8.82. The molecule has 2 aromatic rings. The van der Waals surface area contributed by atoms with Crippen LogP contribution in [0.15, 0.2) is 36.5 Å². The molecule has 98 valence electrons. The Hall–Kier alpha value is -2.14. The van der Waals surface area contributed by atoms with E-state index in [9.17, 15) is 10.1 Å². The zero-order valence-corrected chi connectivity index (χ0v) is 11.0. The van der Waals surface area contributed by atoms with E-state index in [4.69, 9.17) is 11.6 Å². The van der Waals surface area contributed by atoms with Gasteiger partial charge in [0.2, 0.25) is 0 Å². The number of nitrogens with zero attached hydrogens (tertiary/aromatic N) is 2. The van der Waals surface area contributed by atoms with Crippen molar-refractivity contribution >= 4 is 23.1 Å². The number of aryl methyl sites for hydroxylation is 1. The molecule has 1 aromatic heterocycles. The third-order valence-corrected chi connectivity index (χ3v) is 2.87. The summed E-state index contributed by atoms with van der Waals surface area (Å²) in [5.41, 5.74) is 1.58. The van der Waals surface area contributed by atoms with Crippen LogP contribution in [0.3, 0.4) is 0 Å². The monoisotopic (exact) mass is 277 g/mol. The fourth-order valence-corrected chi connectivity index (χ4v) is 1.86. The summed E-state index contributed by atoms with van der Waals surface area (Å²) in [5, 5.41) is 14.5. The Morgan fingerprint density at radius 3 is 2.89 bits per heavy atom. The van der Waals surface area contributed by atoms with Crippen molar-refractivity contribution in [1.82, 2.24) is 4.98 Å². The Balaban J connectivity index is 2.12. The molecule has 0 fully saturated rings. The molecular weight excluding hydrogens is 266 g/mol. The van der Waals surface area contributed by atoms with Gasteiger partial charge in [-0.1, -0.05) is 23.7 Å². The molecule has 0 saturated heterocycles. The van der Waals surface area contributed by atoms with E-state index in [0.717, 1.165) is 5.56 Å². The molecule has 0 amide bonds. The molecule has 0 aliphatic rings. The number of hydrogen-bond acceptors (Lipinski definition) is 4. The number of aromatic nitrogens is 1. The molecule has 0 saturated carbocycles. The second-order valence-corrected chi connectivity index (χ2v) is 4.53. The molecule has 1 N–H and O–H groups in total. The van der Waals surface area contributed by atoms with Crippen LogP contribution < -0.4 is 5.32 Å². The summed E-state index contributed by atoms with van der Waals surface area (Å²) in [7, 11) is 0. The maximum atomic E-state index is 10.8. The van der Waals surface area contributed by atoms with E-state index in [2.05, 4.69) is 10.3 Å². The number of halogens is 1. The summed E-state index contributed by atoms with van der Waals surface area (Å²) in [6.07, 6.45) is 1.48. The molecule has 2 rings (SSSR count). The third kappa shape index (κ3) is 3.42. The first kappa shape index (κ1) is 13.3. The van der Waals surface area contributed by atoms with Gasteiger partial charge < -0.3 is 5.32 Å². The van der Waals surface area contributed by atoms with E-state index < -0.39 is 4.92 Å². The highest BCUT2D eigenvalue weighted by molar-refractivity contribution is 6.30. The van der Waals surface area contributed by atoms with E-state index >= 15 is 0 Å². The van der Waals surface area contributed by atoms with Gasteiger partial charge in [0.05, 0.1) is 11.0 Å². The van der Waals surface area contributed by atoms with Gasteiger partial charge in [0.1, 0.15) is 5.82 Å². The minimum Gasteiger partial charge on any atom is -0.366 e. The Bertz CT molecular complexity index is 617. The highest BCUT2D eigenvalue weighted by Gasteiger charge is 2.11. The van der Waals surface area contributed by atoms with E-state index in [0.29, 0.717) is 22.9 Å². The Morgan fingerprint density at radius 1 is 1.42 bits per heavy atom. The molecule has 19 heavy (non-hydrogen) atoms. The first-order chi connectivity index (χ1) is 9.06. The number of rotatable bonds is 4. The van der Waals surface area contributed by atoms with Crippen molar-refractivity contribution < 1.29 is 4.92 Å². The molecule has 0 unspecified atom stereocenters. The Labute approximate surface area is 115 Å². The standard InChI is InChI=1S/C13H12ClN3O2/c1-9-7-15-13(6-12(9)17(18)19)16-8-10-3-2-4-11(14)5-10/h2-7H,8H2,1H3,(H,15,16). The molecule has 1 aromatic carbocycles. The largest absolute Gasteiger partial charge is 0.366 e. The second-order valence-electron chi connectivity index (χ2n) is 4.10. The van der Waals surface area contributed by atoms with Gasteiger partial charge in [-0.05, 0) is 24.6 Å². The van der Waals surface area contributed by atoms with Gasteiger partial charge >= 0.3 is 0 Å². The molecule has 5 nitrogen and oxygen atoms in total. The first-order valence-corrected chi connectivity index (χ1v) is 6.03. The van der Waals surface area contributed by atoms with Crippen LogP contribution in [0.2, 0.25) is 5.02 Å². The molecule has 0 atom stereocenters. The smallest absolute Gasteiger partial charge is 0.277 e. The lowest BCUT2D eigenvalue weighted by Crippen LogP contribution is -2.03. The predicted octanol–water partition coefficient (Wildman–Crippen LogP) is 3.56. The SMILES string of the molecule is Cc1cnc(NCc2cccc(Cl)c2)cc1[N+](=O)[O-]. The number of benzene rings is 1. The molecule has 0 bridgehead atoms. The average Bonchev–Trinajstić information content (AvgIpc) is 2.37. The van der Waals surface area contributed by atoms with Gasteiger partial charge in [-0.25, -0.2) is 4.98 Å². The molecule has 1 heterocycles. The number of nitrogens with one attached hydrogen (secondary N) is 1. The summed E-state index contributed by atoms with van der Waals surface area (Å²) in [6.45, 7) is 2.17. The van der Waals surface area contributed by atoms with Crippen molar-refractivity contribution in [2.24, 2.45) is 0 Å². The number of hydrogen-bond donors (Lipinski definition) is 1. The zero-order chi connectivity index (χ0) is 13.8. The fraction of sp³-hybridized carbons (Fsp3) is 0.154. The van der Waals surface area contributed by atoms with E-state index in [1.54, 1.807) is 13.0 Å². The van der Waals surface area contributed by atoms with Crippen LogP contribution in [-0.2, 0) is 6.54 Å². The molecule has 0 radical (unpaired) electrons. The first-order valence-electron chi connectivity index (χ1n) is 5.65. The quantitative estimate of drug-likeness (QED) is 0.685. The van der Waals surface area contributed by atoms with Crippen LogP contribution in [0, 0.1) is 17.0 Å². The lowest BCUT2D eigenvalue weighted by Gasteiger charge is -2.06. The predicted molar refractivity (Wildman–Crippen MR) is 74.4 cm³/mol. The topological polar surface area (TPSA) is 68.1 Å². The minimum absolute atomic E-state index is 0.0589. The van der Waals surface area contributed by atoms with Crippen LogP contribution in [0.25, 0.3) is 0 Å². The second kappa shape index (κ2) is 5.67. The Kier molecular flexibility index (Phi) is 3.97. The number of nitro groups is 1. The van der Waals surface area contributed by atoms with Crippen molar-refractivity contribution in [3.63, 3.8) is 0 Å². The molecule has 0 spiro atoms. The van der Waals surface area contributed by atoms with Crippen LogP contribution in [-0.4, -0.2) is 9.91 Å². The van der Waals surface area contributed by atoms with E-state index in [1.165, 1.54) is 12.3 Å². The van der Waals surface area contributed by atoms with Crippen molar-refractivity contribution in [2.45, 2.75) is 13.5 Å². The lowest BCUT2D eigenvalue weighted by atomic mass is 10.2. The summed E-state index contributed by atoms with van der Waals surface area (Å²) in [5.74, 6) is 0.470. The zero-order valence-electron chi connectivity index (χ0n) is 10.3. The van der Waals surface area contributed by atoms with Crippen LogP contribution in [0.1, 0.15) is 11.1 Å². The van der Waals surface area contributed by atoms with Crippen molar-refractivity contribution in [3.05, 3.63) is 62.8 Å². The van der Waals surface area contributed by atoms with Gasteiger partial charge in [0.25, 0.3) is 5.69 Å². The summed E-state index contributed by atoms with van der Waals surface area (Å²) in [4.78, 5) is 14.5. The molecule has 0 aliphatic carbocycles. The normalized spacial score (nSPS) is 10.2. The minimum atomic E-state index is -0.415. The van der Waals surface area contributed by atoms with Crippen LogP contribution >= 0.6 is 11.6 Å². The van der Waals surface area contributed by atoms with E-state index in [-0.39, 0.29) is 5.69 Å². The number of pyridine rings is 1. The average molecular weight is 278 g/mol. The highest BCUT2D eigenvalue weighted by atomic mass is 35.5. The maximum absolute atomic E-state index is 10.8. The van der Waals surface area contributed by atoms with Crippen molar-refractivity contribution in [3.8, 4) is 0 Å². The lowest BCUT2D eigenvalue weighted by molar-refractivity contribution is -0.385. The van der Waals surface area contributed by atoms with Crippen molar-refractivity contribution in [2.75, 3.05) is 5.32 Å². The Morgan fingerprint density at radius 2 is 2.21 bits per heavy atom. The molecular formula is C13H12ClN3O2. The highest BCUT2D eigenvalue weighted by Crippen LogP contribution is 2.20. The molecule has 6 heteroatoms. The fourth-order valence-electron chi connectivity index (χ4n) is 1.65. The van der Waals surface area contributed by atoms with Gasteiger partial charge in [-0.2, -0.15) is 0 Å². The van der Waals surface area contributed by atoms with Crippen LogP contribution in [0.4, 0.5) is 11.5 Å². The van der Waals surface area contributed by atoms with E-state index in [1.807, 2.05) is 18.2 Å².